The summed E-state index contributed by atoms with van der Waals surface area (Å²) in [5, 5.41) is 17.2. The highest BCUT2D eigenvalue weighted by molar-refractivity contribution is 9.09. The molecule has 12 nitrogen and oxygen atoms in total. The van der Waals surface area contributed by atoms with Crippen LogP contribution in [0.2, 0.25) is 5.02 Å². The average molecular weight is 693 g/mol. The molecule has 5 heterocycles. The Morgan fingerprint density at radius 2 is 1.93 bits per heavy atom. The van der Waals surface area contributed by atoms with Crippen molar-refractivity contribution in [2.75, 3.05) is 80.4 Å². The van der Waals surface area contributed by atoms with E-state index in [2.05, 4.69) is 58.3 Å². The Balaban J connectivity index is 1.16. The van der Waals surface area contributed by atoms with Gasteiger partial charge in [-0.05, 0) is 38.1 Å². The van der Waals surface area contributed by atoms with Gasteiger partial charge in [-0.25, -0.2) is 4.98 Å². The lowest BCUT2D eigenvalue weighted by Crippen LogP contribution is -2.52. The van der Waals surface area contributed by atoms with Crippen molar-refractivity contribution in [3.63, 3.8) is 0 Å². The van der Waals surface area contributed by atoms with Crippen LogP contribution < -0.4 is 20.3 Å². The molecule has 6 rings (SSSR count). The first-order valence-electron chi connectivity index (χ1n) is 15.1. The predicted octanol–water partition coefficient (Wildman–Crippen LogP) is 2.89. The highest BCUT2D eigenvalue weighted by Gasteiger charge is 2.48. The van der Waals surface area contributed by atoms with Crippen LogP contribution in [0, 0.1) is 0 Å². The summed E-state index contributed by atoms with van der Waals surface area (Å²) < 4.78 is 17.4. The van der Waals surface area contributed by atoms with E-state index in [4.69, 9.17) is 25.8 Å². The molecule has 1 aromatic heterocycles. The number of aromatic nitrogens is 2. The number of hydrogen-bond donors (Lipinski definition) is 3. The lowest BCUT2D eigenvalue weighted by Gasteiger charge is -2.43. The van der Waals surface area contributed by atoms with Crippen molar-refractivity contribution < 1.29 is 24.1 Å². The second-order valence-corrected chi connectivity index (χ2v) is 12.7. The first-order valence-corrected chi connectivity index (χ1v) is 16.6. The maximum absolute atomic E-state index is 12.7. The number of nitrogens with zero attached hydrogens (tertiary/aromatic N) is 5. The normalized spacial score (nSPS) is 26.7. The average Bonchev–Trinajstić information content (AvgIpc) is 3.61. The first kappa shape index (κ1) is 31.5. The Hall–Kier alpha value is -2.52. The van der Waals surface area contributed by atoms with Gasteiger partial charge in [0.15, 0.2) is 6.10 Å². The Morgan fingerprint density at radius 3 is 2.70 bits per heavy atom. The molecule has 0 radical (unpaired) electrons. The van der Waals surface area contributed by atoms with Crippen LogP contribution in [0.4, 0.5) is 23.0 Å². The SMILES string of the molecule is CN1CCN(C2CCN(c3ccc(Nc4ncc(Cl)c(O[C@@H]5CO[C@H]6[C@@H]5OC[C@H]6O)n4)cc3NC(=O)/C=C/CBr)CC2)CC1. The molecule has 4 atom stereocenters. The standard InChI is InChI=1S/C30H39BrClN7O5/c1-37-11-13-38(14-12-37)20-6-9-39(10-7-20)23-5-4-19(15-22(23)35-26(41)3-2-8-31)34-30-33-16-21(32)29(36-30)44-25-18-43-27-24(40)17-42-28(25)27/h2-5,15-16,20,24-25,27-28,40H,6-14,17-18H2,1H3,(H,35,41)(H,33,34,36)/b3-2+/t24-,25-,27-,28-/m1/s1. The zero-order valence-electron chi connectivity index (χ0n) is 24.7. The van der Waals surface area contributed by atoms with E-state index in [1.807, 2.05) is 18.2 Å². The molecule has 238 valence electrons. The molecular weight excluding hydrogens is 654 g/mol. The number of aliphatic hydroxyl groups is 1. The highest BCUT2D eigenvalue weighted by Crippen LogP contribution is 2.35. The molecular formula is C30H39BrClN7O5. The van der Waals surface area contributed by atoms with Crippen molar-refractivity contribution in [1.82, 2.24) is 19.8 Å². The van der Waals surface area contributed by atoms with Gasteiger partial charge in [0.05, 0.1) is 30.8 Å². The number of fused-ring (bicyclic) bond motifs is 1. The van der Waals surface area contributed by atoms with Crippen LogP contribution >= 0.6 is 27.5 Å². The van der Waals surface area contributed by atoms with Crippen LogP contribution in [-0.2, 0) is 14.3 Å². The van der Waals surface area contributed by atoms with Gasteiger partial charge in [0, 0.05) is 62.4 Å². The van der Waals surface area contributed by atoms with Gasteiger partial charge in [-0.1, -0.05) is 33.6 Å². The fourth-order valence-corrected chi connectivity index (χ4v) is 6.61. The van der Waals surface area contributed by atoms with Crippen LogP contribution in [0.15, 0.2) is 36.5 Å². The van der Waals surface area contributed by atoms with E-state index in [1.54, 1.807) is 6.08 Å². The summed E-state index contributed by atoms with van der Waals surface area (Å²) in [6.07, 6.45) is 4.97. The molecule has 4 fully saturated rings. The number of alkyl halides is 1. The minimum atomic E-state index is -0.678. The molecule has 0 aliphatic carbocycles. The molecule has 44 heavy (non-hydrogen) atoms. The number of piperazine rings is 1. The van der Waals surface area contributed by atoms with Gasteiger partial charge < -0.3 is 39.8 Å². The number of rotatable bonds is 9. The quantitative estimate of drug-likeness (QED) is 0.266. The fraction of sp³-hybridized carbons (Fsp3) is 0.567. The second-order valence-electron chi connectivity index (χ2n) is 11.6. The summed E-state index contributed by atoms with van der Waals surface area (Å²) in [4.78, 5) is 28.9. The summed E-state index contributed by atoms with van der Waals surface area (Å²) in [5.41, 5.74) is 2.37. The van der Waals surface area contributed by atoms with Crippen LogP contribution in [0.25, 0.3) is 0 Å². The number of allylic oxidation sites excluding steroid dienone is 1. The molecule has 4 saturated heterocycles. The topological polar surface area (TPSA) is 125 Å². The third-order valence-corrected chi connectivity index (χ3v) is 9.32. The van der Waals surface area contributed by atoms with E-state index in [9.17, 15) is 9.90 Å². The zero-order chi connectivity index (χ0) is 30.6. The lowest BCUT2D eigenvalue weighted by molar-refractivity contribution is -0.111. The number of anilines is 4. The first-order chi connectivity index (χ1) is 21.4. The van der Waals surface area contributed by atoms with Gasteiger partial charge in [0.2, 0.25) is 17.7 Å². The number of carbonyl (C=O) groups is 1. The molecule has 0 bridgehead atoms. The summed E-state index contributed by atoms with van der Waals surface area (Å²) in [5.74, 6) is 0.270. The van der Waals surface area contributed by atoms with Crippen LogP contribution in [0.1, 0.15) is 12.8 Å². The highest BCUT2D eigenvalue weighted by atomic mass is 79.9. The number of hydrogen-bond acceptors (Lipinski definition) is 11. The molecule has 0 saturated carbocycles. The van der Waals surface area contributed by atoms with Crippen LogP contribution in [0.5, 0.6) is 5.88 Å². The lowest BCUT2D eigenvalue weighted by atomic mass is 10.0. The molecule has 14 heteroatoms. The monoisotopic (exact) mass is 691 g/mol. The Labute approximate surface area is 270 Å². The van der Waals surface area contributed by atoms with Gasteiger partial charge in [0.25, 0.3) is 0 Å². The number of benzene rings is 1. The molecule has 1 amide bonds. The number of nitrogens with one attached hydrogen (secondary N) is 2. The van der Waals surface area contributed by atoms with Gasteiger partial charge in [0.1, 0.15) is 23.3 Å². The molecule has 0 unspecified atom stereocenters. The maximum Gasteiger partial charge on any atom is 0.248 e. The molecule has 1 aromatic carbocycles. The molecule has 0 spiro atoms. The number of halogens is 2. The van der Waals surface area contributed by atoms with E-state index in [0.29, 0.717) is 22.7 Å². The van der Waals surface area contributed by atoms with Crippen LogP contribution in [0.3, 0.4) is 0 Å². The van der Waals surface area contributed by atoms with E-state index in [0.717, 1.165) is 57.8 Å². The molecule has 3 N–H and O–H groups in total. The van der Waals surface area contributed by atoms with Gasteiger partial charge in [-0.2, -0.15) is 4.98 Å². The predicted molar refractivity (Wildman–Crippen MR) is 173 cm³/mol. The minimum absolute atomic E-state index is 0.191. The number of carbonyl (C=O) groups excluding carboxylic acids is 1. The Kier molecular flexibility index (Phi) is 10.2. The van der Waals surface area contributed by atoms with Crippen LogP contribution in [-0.4, -0.2) is 126 Å². The van der Waals surface area contributed by atoms with Crippen molar-refractivity contribution in [3.05, 3.63) is 41.6 Å². The summed E-state index contributed by atoms with van der Waals surface area (Å²) in [7, 11) is 2.19. The second kappa shape index (κ2) is 14.3. The third kappa shape index (κ3) is 7.30. The maximum atomic E-state index is 12.7. The summed E-state index contributed by atoms with van der Waals surface area (Å²) in [6.45, 7) is 6.77. The van der Waals surface area contributed by atoms with Gasteiger partial charge >= 0.3 is 0 Å². The summed E-state index contributed by atoms with van der Waals surface area (Å²) in [6, 6.07) is 6.46. The molecule has 4 aliphatic heterocycles. The van der Waals surface area contributed by atoms with E-state index in [1.165, 1.54) is 12.3 Å². The number of ether oxygens (including phenoxy) is 3. The fourth-order valence-electron chi connectivity index (χ4n) is 6.29. The van der Waals surface area contributed by atoms with Gasteiger partial charge in [-0.15, -0.1) is 0 Å². The Morgan fingerprint density at radius 1 is 1.16 bits per heavy atom. The minimum Gasteiger partial charge on any atom is -0.468 e. The largest absolute Gasteiger partial charge is 0.468 e. The van der Waals surface area contributed by atoms with Crippen molar-refractivity contribution in [1.29, 1.82) is 0 Å². The number of likely N-dealkylation sites (N-methyl/N-ethyl adjacent to an activating group) is 1. The number of aliphatic hydroxyl groups excluding tert-OH is 1. The van der Waals surface area contributed by atoms with Crippen molar-refractivity contribution in [3.8, 4) is 5.88 Å². The van der Waals surface area contributed by atoms with E-state index in [-0.39, 0.29) is 36.0 Å². The van der Waals surface area contributed by atoms with Crippen molar-refractivity contribution in [2.45, 2.75) is 43.3 Å². The van der Waals surface area contributed by atoms with E-state index >= 15 is 0 Å². The zero-order valence-corrected chi connectivity index (χ0v) is 27.0. The number of piperidine rings is 1. The van der Waals surface area contributed by atoms with E-state index < -0.39 is 24.4 Å². The summed E-state index contributed by atoms with van der Waals surface area (Å²) >= 11 is 9.70. The molecule has 4 aliphatic rings. The molecule has 2 aromatic rings. The third-order valence-electron chi connectivity index (χ3n) is 8.69. The number of amides is 1. The van der Waals surface area contributed by atoms with Gasteiger partial charge in [-0.3, -0.25) is 9.69 Å². The van der Waals surface area contributed by atoms with Crippen molar-refractivity contribution in [2.24, 2.45) is 0 Å². The Bertz CT molecular complexity index is 1340. The van der Waals surface area contributed by atoms with Crippen molar-refractivity contribution >= 4 is 56.4 Å². The smallest absolute Gasteiger partial charge is 0.248 e.